The number of hydrogen-bond acceptors (Lipinski definition) is 3. The van der Waals surface area contributed by atoms with E-state index < -0.39 is 0 Å². The van der Waals surface area contributed by atoms with E-state index in [1.54, 1.807) is 11.1 Å². The average Bonchev–Trinajstić information content (AvgIpc) is 2.36. The first kappa shape index (κ1) is 14.6. The predicted octanol–water partition coefficient (Wildman–Crippen LogP) is 1.53. The van der Waals surface area contributed by atoms with Gasteiger partial charge in [0.25, 0.3) is 0 Å². The molecule has 18 heavy (non-hydrogen) atoms. The molecule has 1 unspecified atom stereocenters. The summed E-state index contributed by atoms with van der Waals surface area (Å²) in [6, 6.07) is 5.75. The van der Waals surface area contributed by atoms with Crippen LogP contribution in [0.2, 0.25) is 0 Å². The second kappa shape index (κ2) is 7.11. The van der Waals surface area contributed by atoms with E-state index in [1.807, 2.05) is 32.3 Å². The molecule has 0 saturated carbocycles. The molecular formula is C14H23N3O. The van der Waals surface area contributed by atoms with Gasteiger partial charge in [0.05, 0.1) is 18.2 Å². The summed E-state index contributed by atoms with van der Waals surface area (Å²) in [6.07, 6.45) is 1.75. The van der Waals surface area contributed by atoms with Gasteiger partial charge in [0.2, 0.25) is 5.91 Å². The van der Waals surface area contributed by atoms with Crippen LogP contribution in [0, 0.1) is 11.8 Å². The van der Waals surface area contributed by atoms with E-state index in [1.165, 1.54) is 0 Å². The van der Waals surface area contributed by atoms with Crippen molar-refractivity contribution in [3.8, 4) is 0 Å². The highest BCUT2D eigenvalue weighted by Gasteiger charge is 2.24. The average molecular weight is 249 g/mol. The lowest BCUT2D eigenvalue weighted by molar-refractivity contribution is -0.136. The Morgan fingerprint density at radius 2 is 2.17 bits per heavy atom. The molecule has 100 valence electrons. The van der Waals surface area contributed by atoms with Crippen molar-refractivity contribution in [2.75, 3.05) is 20.6 Å². The summed E-state index contributed by atoms with van der Waals surface area (Å²) < 4.78 is 0. The molecule has 0 aliphatic heterocycles. The Balaban J connectivity index is 2.65. The van der Waals surface area contributed by atoms with Crippen molar-refractivity contribution < 1.29 is 4.79 Å². The third-order valence-corrected chi connectivity index (χ3v) is 3.05. The lowest BCUT2D eigenvalue weighted by atomic mass is 9.94. The molecule has 0 spiro atoms. The van der Waals surface area contributed by atoms with Crippen LogP contribution in [0.25, 0.3) is 0 Å². The van der Waals surface area contributed by atoms with Crippen molar-refractivity contribution in [2.45, 2.75) is 20.4 Å². The van der Waals surface area contributed by atoms with E-state index in [-0.39, 0.29) is 11.8 Å². The van der Waals surface area contributed by atoms with Crippen LogP contribution in [0.5, 0.6) is 0 Å². The molecule has 0 saturated heterocycles. The highest BCUT2D eigenvalue weighted by Crippen LogP contribution is 2.14. The third-order valence-electron chi connectivity index (χ3n) is 3.05. The summed E-state index contributed by atoms with van der Waals surface area (Å²) in [6.45, 7) is 5.43. The van der Waals surface area contributed by atoms with Gasteiger partial charge in [0.1, 0.15) is 0 Å². The quantitative estimate of drug-likeness (QED) is 0.831. The first-order chi connectivity index (χ1) is 8.56. The van der Waals surface area contributed by atoms with Crippen molar-refractivity contribution >= 4 is 5.91 Å². The van der Waals surface area contributed by atoms with E-state index in [2.05, 4.69) is 24.1 Å². The lowest BCUT2D eigenvalue weighted by Crippen LogP contribution is -2.39. The maximum Gasteiger partial charge on any atom is 0.227 e. The third kappa shape index (κ3) is 4.11. The molecule has 0 aliphatic rings. The Morgan fingerprint density at radius 3 is 2.67 bits per heavy atom. The maximum absolute atomic E-state index is 12.3. The number of carbonyl (C=O) groups is 1. The Morgan fingerprint density at radius 1 is 1.44 bits per heavy atom. The molecule has 0 aromatic carbocycles. The highest BCUT2D eigenvalue weighted by atomic mass is 16.2. The van der Waals surface area contributed by atoms with Gasteiger partial charge in [-0.25, -0.2) is 0 Å². The van der Waals surface area contributed by atoms with Gasteiger partial charge >= 0.3 is 0 Å². The van der Waals surface area contributed by atoms with Gasteiger partial charge in [0.15, 0.2) is 0 Å². The normalized spacial score (nSPS) is 12.5. The zero-order valence-electron chi connectivity index (χ0n) is 11.7. The number of amides is 1. The van der Waals surface area contributed by atoms with E-state index in [4.69, 9.17) is 0 Å². The lowest BCUT2D eigenvalue weighted by Gasteiger charge is -2.26. The number of aromatic nitrogens is 1. The molecule has 4 nitrogen and oxygen atoms in total. The molecular weight excluding hydrogens is 226 g/mol. The van der Waals surface area contributed by atoms with E-state index in [0.29, 0.717) is 19.0 Å². The molecule has 1 aromatic rings. The SMILES string of the molecule is CNCC(C(=O)N(C)Cc1ccccn1)C(C)C. The minimum absolute atomic E-state index is 0.0173. The minimum Gasteiger partial charge on any atom is -0.340 e. The van der Waals surface area contributed by atoms with Crippen LogP contribution in [0.3, 0.4) is 0 Å². The molecule has 1 aromatic heterocycles. The van der Waals surface area contributed by atoms with Gasteiger partial charge < -0.3 is 10.2 Å². The summed E-state index contributed by atoms with van der Waals surface area (Å²) in [4.78, 5) is 18.3. The predicted molar refractivity (Wildman–Crippen MR) is 73.0 cm³/mol. The van der Waals surface area contributed by atoms with Gasteiger partial charge in [0, 0.05) is 19.8 Å². The summed E-state index contributed by atoms with van der Waals surface area (Å²) >= 11 is 0. The summed E-state index contributed by atoms with van der Waals surface area (Å²) in [5.74, 6) is 0.518. The smallest absolute Gasteiger partial charge is 0.227 e. The molecule has 0 bridgehead atoms. The number of nitrogens with zero attached hydrogens (tertiary/aromatic N) is 2. The van der Waals surface area contributed by atoms with Crippen molar-refractivity contribution in [3.63, 3.8) is 0 Å². The molecule has 1 atom stereocenters. The highest BCUT2D eigenvalue weighted by molar-refractivity contribution is 5.79. The van der Waals surface area contributed by atoms with Crippen molar-refractivity contribution in [1.29, 1.82) is 0 Å². The molecule has 1 rings (SSSR count). The Labute approximate surface area is 109 Å². The van der Waals surface area contributed by atoms with Crippen LogP contribution in [-0.2, 0) is 11.3 Å². The first-order valence-corrected chi connectivity index (χ1v) is 6.35. The molecule has 0 radical (unpaired) electrons. The molecule has 4 heteroatoms. The Hall–Kier alpha value is -1.42. The van der Waals surface area contributed by atoms with Gasteiger partial charge in [-0.3, -0.25) is 9.78 Å². The van der Waals surface area contributed by atoms with Crippen LogP contribution < -0.4 is 5.32 Å². The molecule has 1 amide bonds. The molecule has 1 heterocycles. The van der Waals surface area contributed by atoms with E-state index in [0.717, 1.165) is 5.69 Å². The van der Waals surface area contributed by atoms with Gasteiger partial charge in [-0.1, -0.05) is 19.9 Å². The van der Waals surface area contributed by atoms with E-state index >= 15 is 0 Å². The summed E-state index contributed by atoms with van der Waals surface area (Å²) in [5.41, 5.74) is 0.917. The van der Waals surface area contributed by atoms with Crippen LogP contribution >= 0.6 is 0 Å². The number of nitrogens with one attached hydrogen (secondary N) is 1. The van der Waals surface area contributed by atoms with Crippen LogP contribution in [0.15, 0.2) is 24.4 Å². The van der Waals surface area contributed by atoms with Crippen LogP contribution in [0.1, 0.15) is 19.5 Å². The maximum atomic E-state index is 12.3. The zero-order valence-corrected chi connectivity index (χ0v) is 11.7. The monoisotopic (exact) mass is 249 g/mol. The van der Waals surface area contributed by atoms with E-state index in [9.17, 15) is 4.79 Å². The largest absolute Gasteiger partial charge is 0.340 e. The summed E-state index contributed by atoms with van der Waals surface area (Å²) in [7, 11) is 3.71. The fourth-order valence-electron chi connectivity index (χ4n) is 1.92. The van der Waals surface area contributed by atoms with Gasteiger partial charge in [-0.15, -0.1) is 0 Å². The topological polar surface area (TPSA) is 45.2 Å². The molecule has 1 N–H and O–H groups in total. The summed E-state index contributed by atoms with van der Waals surface area (Å²) in [5, 5.41) is 3.09. The first-order valence-electron chi connectivity index (χ1n) is 6.35. The van der Waals surface area contributed by atoms with Gasteiger partial charge in [-0.05, 0) is 25.1 Å². The minimum atomic E-state index is 0.0173. The van der Waals surface area contributed by atoms with Crippen molar-refractivity contribution in [1.82, 2.24) is 15.2 Å². The second-order valence-electron chi connectivity index (χ2n) is 4.92. The second-order valence-corrected chi connectivity index (χ2v) is 4.92. The fourth-order valence-corrected chi connectivity index (χ4v) is 1.92. The van der Waals surface area contributed by atoms with Crippen molar-refractivity contribution in [2.24, 2.45) is 11.8 Å². The number of hydrogen-bond donors (Lipinski definition) is 1. The van der Waals surface area contributed by atoms with Crippen molar-refractivity contribution in [3.05, 3.63) is 30.1 Å². The van der Waals surface area contributed by atoms with Crippen LogP contribution in [0.4, 0.5) is 0 Å². The Bertz CT molecular complexity index is 365. The van der Waals surface area contributed by atoms with Crippen LogP contribution in [-0.4, -0.2) is 36.4 Å². The van der Waals surface area contributed by atoms with Gasteiger partial charge in [-0.2, -0.15) is 0 Å². The number of carbonyl (C=O) groups excluding carboxylic acids is 1. The number of rotatable bonds is 6. The fraction of sp³-hybridized carbons (Fsp3) is 0.571. The zero-order chi connectivity index (χ0) is 13.5. The number of pyridine rings is 1. The standard InChI is InChI=1S/C14H23N3O/c1-11(2)13(9-15-3)14(18)17(4)10-12-7-5-6-8-16-12/h5-8,11,13,15H,9-10H2,1-4H3. The molecule has 0 fully saturated rings. The Kier molecular flexibility index (Phi) is 5.78. The molecule has 0 aliphatic carbocycles.